The van der Waals surface area contributed by atoms with E-state index >= 15 is 0 Å². The zero-order valence-electron chi connectivity index (χ0n) is 12.6. The minimum atomic E-state index is -0.760. The summed E-state index contributed by atoms with van der Waals surface area (Å²) in [4.78, 5) is 11.7. The van der Waals surface area contributed by atoms with Crippen LogP contribution in [0, 0.1) is 11.6 Å². The number of rotatable bonds is 7. The van der Waals surface area contributed by atoms with Gasteiger partial charge in [0.05, 0.1) is 6.61 Å². The molecule has 2 rings (SSSR count). The quantitative estimate of drug-likeness (QED) is 0.844. The van der Waals surface area contributed by atoms with Gasteiger partial charge in [-0.1, -0.05) is 6.92 Å². The normalized spacial score (nSPS) is 10.2. The molecule has 2 aromatic rings. The molecule has 0 bridgehead atoms. The van der Waals surface area contributed by atoms with Gasteiger partial charge in [0.1, 0.15) is 23.1 Å². The van der Waals surface area contributed by atoms with Gasteiger partial charge in [0.25, 0.3) is 5.91 Å². The predicted octanol–water partition coefficient (Wildman–Crippen LogP) is 3.77. The van der Waals surface area contributed by atoms with Gasteiger partial charge in [0.15, 0.2) is 6.61 Å². The summed E-state index contributed by atoms with van der Waals surface area (Å²) >= 11 is 0. The number of nitrogens with one attached hydrogen (secondary N) is 1. The van der Waals surface area contributed by atoms with Crippen molar-refractivity contribution in [1.82, 2.24) is 0 Å². The average Bonchev–Trinajstić information content (AvgIpc) is 2.51. The van der Waals surface area contributed by atoms with Crippen molar-refractivity contribution >= 4 is 11.6 Å². The minimum Gasteiger partial charge on any atom is -0.494 e. The molecule has 0 atom stereocenters. The second-order valence-corrected chi connectivity index (χ2v) is 4.81. The molecule has 0 unspecified atom stereocenters. The minimum absolute atomic E-state index is 0.0411. The van der Waals surface area contributed by atoms with Crippen molar-refractivity contribution in [2.75, 3.05) is 18.5 Å². The molecular formula is C17H17F2NO3. The second kappa shape index (κ2) is 8.12. The lowest BCUT2D eigenvalue weighted by molar-refractivity contribution is -0.118. The summed E-state index contributed by atoms with van der Waals surface area (Å²) in [5.74, 6) is -0.817. The Morgan fingerprint density at radius 2 is 1.57 bits per heavy atom. The first kappa shape index (κ1) is 16.7. The van der Waals surface area contributed by atoms with Gasteiger partial charge in [-0.3, -0.25) is 4.79 Å². The van der Waals surface area contributed by atoms with E-state index in [0.717, 1.165) is 30.4 Å². The molecule has 0 aliphatic carbocycles. The largest absolute Gasteiger partial charge is 0.494 e. The number of ether oxygens (including phenoxy) is 2. The van der Waals surface area contributed by atoms with E-state index < -0.39 is 17.5 Å². The topological polar surface area (TPSA) is 47.6 Å². The first-order valence-electron chi connectivity index (χ1n) is 7.18. The highest BCUT2D eigenvalue weighted by molar-refractivity contribution is 5.91. The monoisotopic (exact) mass is 321 g/mol. The molecule has 0 aliphatic rings. The smallest absolute Gasteiger partial charge is 0.262 e. The standard InChI is InChI=1S/C17H17F2NO3/c1-2-7-22-15-3-5-16(6-4-15)23-11-17(21)20-14-9-12(18)8-13(19)10-14/h3-6,8-10H,2,7,11H2,1H3,(H,20,21). The van der Waals surface area contributed by atoms with Crippen LogP contribution in [0.4, 0.5) is 14.5 Å². The lowest BCUT2D eigenvalue weighted by Gasteiger charge is -2.09. The Hall–Kier alpha value is -2.63. The number of benzene rings is 2. The summed E-state index contributed by atoms with van der Waals surface area (Å²) in [5.41, 5.74) is 0.0411. The molecule has 6 heteroatoms. The van der Waals surface area contributed by atoms with Crippen LogP contribution >= 0.6 is 0 Å². The molecular weight excluding hydrogens is 304 g/mol. The number of hydrogen-bond donors (Lipinski definition) is 1. The number of hydrogen-bond acceptors (Lipinski definition) is 3. The lowest BCUT2D eigenvalue weighted by Crippen LogP contribution is -2.20. The third-order valence-corrected chi connectivity index (χ3v) is 2.81. The van der Waals surface area contributed by atoms with Crippen LogP contribution in [0.1, 0.15) is 13.3 Å². The molecule has 2 aromatic carbocycles. The maximum absolute atomic E-state index is 13.0. The van der Waals surface area contributed by atoms with Gasteiger partial charge in [0, 0.05) is 11.8 Å². The first-order valence-corrected chi connectivity index (χ1v) is 7.18. The molecule has 0 spiro atoms. The summed E-state index contributed by atoms with van der Waals surface area (Å²) in [5, 5.41) is 2.36. The van der Waals surface area contributed by atoms with Crippen LogP contribution in [-0.4, -0.2) is 19.1 Å². The highest BCUT2D eigenvalue weighted by atomic mass is 19.1. The van der Waals surface area contributed by atoms with Crippen molar-refractivity contribution in [3.05, 3.63) is 54.1 Å². The van der Waals surface area contributed by atoms with Crippen LogP contribution in [0.3, 0.4) is 0 Å². The summed E-state index contributed by atoms with van der Waals surface area (Å²) in [6, 6.07) is 9.63. The van der Waals surface area contributed by atoms with Crippen LogP contribution < -0.4 is 14.8 Å². The summed E-state index contributed by atoms with van der Waals surface area (Å²) in [7, 11) is 0. The molecule has 0 heterocycles. The van der Waals surface area contributed by atoms with Crippen molar-refractivity contribution in [2.45, 2.75) is 13.3 Å². The van der Waals surface area contributed by atoms with Gasteiger partial charge >= 0.3 is 0 Å². The van der Waals surface area contributed by atoms with Crippen LogP contribution in [0.15, 0.2) is 42.5 Å². The number of anilines is 1. The Bertz CT molecular complexity index is 639. The average molecular weight is 321 g/mol. The van der Waals surface area contributed by atoms with E-state index in [9.17, 15) is 13.6 Å². The van der Waals surface area contributed by atoms with Crippen LogP contribution in [-0.2, 0) is 4.79 Å². The fraction of sp³-hybridized carbons (Fsp3) is 0.235. The summed E-state index contributed by atoms with van der Waals surface area (Å²) in [6.07, 6.45) is 0.916. The maximum Gasteiger partial charge on any atom is 0.262 e. The Kier molecular flexibility index (Phi) is 5.91. The maximum atomic E-state index is 13.0. The molecule has 0 saturated heterocycles. The van der Waals surface area contributed by atoms with E-state index in [1.807, 2.05) is 6.92 Å². The fourth-order valence-electron chi connectivity index (χ4n) is 1.82. The molecule has 0 radical (unpaired) electrons. The molecule has 0 aliphatic heterocycles. The van der Waals surface area contributed by atoms with E-state index in [4.69, 9.17) is 9.47 Å². The van der Waals surface area contributed by atoms with Crippen LogP contribution in [0.5, 0.6) is 11.5 Å². The van der Waals surface area contributed by atoms with Gasteiger partial charge in [-0.2, -0.15) is 0 Å². The first-order chi connectivity index (χ1) is 11.1. The molecule has 0 saturated carbocycles. The van der Waals surface area contributed by atoms with Crippen molar-refractivity contribution in [2.24, 2.45) is 0 Å². The van der Waals surface area contributed by atoms with Gasteiger partial charge in [-0.05, 0) is 42.8 Å². The fourth-order valence-corrected chi connectivity index (χ4v) is 1.82. The van der Waals surface area contributed by atoms with E-state index in [0.29, 0.717) is 12.4 Å². The third-order valence-electron chi connectivity index (χ3n) is 2.81. The van der Waals surface area contributed by atoms with Crippen molar-refractivity contribution < 1.29 is 23.0 Å². The number of carbonyl (C=O) groups is 1. The van der Waals surface area contributed by atoms with E-state index in [1.54, 1.807) is 24.3 Å². The van der Waals surface area contributed by atoms with Crippen molar-refractivity contribution in [1.29, 1.82) is 0 Å². The van der Waals surface area contributed by atoms with Gasteiger partial charge in [-0.25, -0.2) is 8.78 Å². The Balaban J connectivity index is 1.84. The highest BCUT2D eigenvalue weighted by Gasteiger charge is 2.06. The number of halogens is 2. The van der Waals surface area contributed by atoms with Crippen LogP contribution in [0.2, 0.25) is 0 Å². The highest BCUT2D eigenvalue weighted by Crippen LogP contribution is 2.18. The zero-order valence-corrected chi connectivity index (χ0v) is 12.6. The Labute approximate surface area is 133 Å². The number of amides is 1. The number of carbonyl (C=O) groups excluding carboxylic acids is 1. The Morgan fingerprint density at radius 3 is 2.13 bits per heavy atom. The van der Waals surface area contributed by atoms with Gasteiger partial charge < -0.3 is 14.8 Å². The molecule has 23 heavy (non-hydrogen) atoms. The van der Waals surface area contributed by atoms with Crippen molar-refractivity contribution in [3.8, 4) is 11.5 Å². The van der Waals surface area contributed by atoms with Crippen LogP contribution in [0.25, 0.3) is 0 Å². The molecule has 1 N–H and O–H groups in total. The molecule has 4 nitrogen and oxygen atoms in total. The lowest BCUT2D eigenvalue weighted by atomic mass is 10.3. The van der Waals surface area contributed by atoms with Gasteiger partial charge in [0.2, 0.25) is 0 Å². The summed E-state index contributed by atoms with van der Waals surface area (Å²) < 4.78 is 36.8. The SMILES string of the molecule is CCCOc1ccc(OCC(=O)Nc2cc(F)cc(F)c2)cc1. The molecule has 0 fully saturated rings. The predicted molar refractivity (Wildman–Crippen MR) is 82.7 cm³/mol. The van der Waals surface area contributed by atoms with E-state index in [-0.39, 0.29) is 12.3 Å². The molecule has 0 aromatic heterocycles. The second-order valence-electron chi connectivity index (χ2n) is 4.81. The van der Waals surface area contributed by atoms with Crippen molar-refractivity contribution in [3.63, 3.8) is 0 Å². The summed E-state index contributed by atoms with van der Waals surface area (Å²) in [6.45, 7) is 2.38. The molecule has 122 valence electrons. The van der Waals surface area contributed by atoms with E-state index in [2.05, 4.69) is 5.32 Å². The van der Waals surface area contributed by atoms with E-state index in [1.165, 1.54) is 0 Å². The zero-order chi connectivity index (χ0) is 16.7. The van der Waals surface area contributed by atoms with Gasteiger partial charge in [-0.15, -0.1) is 0 Å². The third kappa shape index (κ3) is 5.58. The molecule has 1 amide bonds. The Morgan fingerprint density at radius 1 is 1.00 bits per heavy atom.